The van der Waals surface area contributed by atoms with Crippen molar-refractivity contribution in [2.45, 2.75) is 0 Å². The van der Waals surface area contributed by atoms with E-state index in [2.05, 4.69) is 10.6 Å². The molecule has 0 aliphatic rings. The van der Waals surface area contributed by atoms with Gasteiger partial charge in [0.15, 0.2) is 0 Å². The van der Waals surface area contributed by atoms with E-state index in [-0.39, 0.29) is 5.75 Å². The van der Waals surface area contributed by atoms with Crippen molar-refractivity contribution in [2.24, 2.45) is 0 Å². The summed E-state index contributed by atoms with van der Waals surface area (Å²) >= 11 is 0. The third-order valence-electron chi connectivity index (χ3n) is 0.903. The predicted molar refractivity (Wildman–Crippen MR) is 38.0 cm³/mol. The number of phosphoric acid groups is 1. The van der Waals surface area contributed by atoms with Crippen LogP contribution in [0.15, 0.2) is 24.3 Å². The number of phosphoric ester groups is 1. The summed E-state index contributed by atoms with van der Waals surface area (Å²) < 4.78 is 14.5. The van der Waals surface area contributed by atoms with Crippen LogP contribution in [0.4, 0.5) is 0 Å². The molecule has 1 aromatic carbocycles. The van der Waals surface area contributed by atoms with Crippen LogP contribution in [0.5, 0.6) is 5.75 Å². The maximum absolute atomic E-state index is 10.3. The second kappa shape index (κ2) is 3.05. The summed E-state index contributed by atoms with van der Waals surface area (Å²) in [5.74, 6) is 0.112. The molecule has 4 nitrogen and oxygen atoms in total. The van der Waals surface area contributed by atoms with Gasteiger partial charge in [0.1, 0.15) is 5.75 Å². The van der Waals surface area contributed by atoms with Gasteiger partial charge < -0.3 is 4.52 Å². The van der Waals surface area contributed by atoms with E-state index in [9.17, 15) is 4.57 Å². The molecule has 0 aromatic heterocycles. The van der Waals surface area contributed by atoms with Crippen LogP contribution in [-0.2, 0) is 4.57 Å². The van der Waals surface area contributed by atoms with Gasteiger partial charge in [-0.2, -0.15) is 0 Å². The Kier molecular flexibility index (Phi) is 2.29. The van der Waals surface area contributed by atoms with Crippen molar-refractivity contribution in [3.8, 4) is 5.75 Å². The Hall–Kier alpha value is -0.830. The molecule has 0 atom stereocenters. The molecular weight excluding hydrogens is 167 g/mol. The summed E-state index contributed by atoms with van der Waals surface area (Å²) in [7, 11) is -4.41. The lowest BCUT2D eigenvalue weighted by atomic mass is 10.3. The largest absolute Gasteiger partial charge is 0.524 e. The van der Waals surface area contributed by atoms with Gasteiger partial charge in [0, 0.05) is 0 Å². The quantitative estimate of drug-likeness (QED) is 0.653. The fourth-order valence-corrected chi connectivity index (χ4v) is 0.959. The van der Waals surface area contributed by atoms with Crippen molar-refractivity contribution < 1.29 is 18.9 Å². The molecule has 59 valence electrons. The molecule has 0 aliphatic carbocycles. The molecule has 0 saturated carbocycles. The Morgan fingerprint density at radius 3 is 2.73 bits per heavy atom. The van der Waals surface area contributed by atoms with Crippen LogP contribution in [-0.4, -0.2) is 9.79 Å². The zero-order valence-electron chi connectivity index (χ0n) is 5.47. The number of hydrogen-bond acceptors (Lipinski definition) is 2. The fourth-order valence-electron chi connectivity index (χ4n) is 0.571. The van der Waals surface area contributed by atoms with Crippen LogP contribution in [0.3, 0.4) is 0 Å². The van der Waals surface area contributed by atoms with Gasteiger partial charge in [0.25, 0.3) is 0 Å². The molecular formula is C6H6O4P. The summed E-state index contributed by atoms with van der Waals surface area (Å²) in [6, 6.07) is 8.58. The maximum Gasteiger partial charge on any atom is 0.524 e. The Morgan fingerprint density at radius 1 is 1.55 bits per heavy atom. The Bertz CT molecular complexity index is 265. The Labute approximate surface area is 63.7 Å². The molecule has 1 aromatic rings. The maximum atomic E-state index is 10.3. The van der Waals surface area contributed by atoms with Crippen molar-refractivity contribution in [1.29, 1.82) is 0 Å². The summed E-state index contributed by atoms with van der Waals surface area (Å²) in [5.41, 5.74) is 0. The van der Waals surface area contributed by atoms with E-state index in [4.69, 9.17) is 9.79 Å². The molecule has 2 N–H and O–H groups in total. The summed E-state index contributed by atoms with van der Waals surface area (Å²) in [4.78, 5) is 16.7. The van der Waals surface area contributed by atoms with Crippen LogP contribution in [0, 0.1) is 6.07 Å². The SMILES string of the molecule is O=P(O)(O)Oc1c[c]ccc1. The van der Waals surface area contributed by atoms with Crippen molar-refractivity contribution >= 4 is 7.82 Å². The van der Waals surface area contributed by atoms with Gasteiger partial charge in [0.2, 0.25) is 0 Å². The topological polar surface area (TPSA) is 66.8 Å². The Morgan fingerprint density at radius 2 is 2.27 bits per heavy atom. The summed E-state index contributed by atoms with van der Waals surface area (Å²) in [5, 5.41) is 0. The third-order valence-corrected chi connectivity index (χ3v) is 1.35. The lowest BCUT2D eigenvalue weighted by Gasteiger charge is -2.04. The third kappa shape index (κ3) is 3.18. The van der Waals surface area contributed by atoms with Crippen LogP contribution in [0.25, 0.3) is 0 Å². The zero-order chi connectivity index (χ0) is 8.32. The lowest BCUT2D eigenvalue weighted by molar-refractivity contribution is 0.283. The van der Waals surface area contributed by atoms with Crippen LogP contribution in [0.1, 0.15) is 0 Å². The van der Waals surface area contributed by atoms with Crippen molar-refractivity contribution in [2.75, 3.05) is 0 Å². The van der Waals surface area contributed by atoms with E-state index >= 15 is 0 Å². The zero-order valence-corrected chi connectivity index (χ0v) is 6.36. The van der Waals surface area contributed by atoms with Gasteiger partial charge in [-0.25, -0.2) is 4.57 Å². The number of hydrogen-bond donors (Lipinski definition) is 2. The molecule has 0 saturated heterocycles. The molecule has 0 spiro atoms. The van der Waals surface area contributed by atoms with Gasteiger partial charge in [-0.05, 0) is 18.2 Å². The Balaban J connectivity index is 2.74. The van der Waals surface area contributed by atoms with E-state index in [1.54, 1.807) is 12.1 Å². The van der Waals surface area contributed by atoms with Gasteiger partial charge in [-0.1, -0.05) is 12.1 Å². The molecule has 0 aliphatic heterocycles. The second-order valence-electron chi connectivity index (χ2n) is 1.82. The first-order valence-corrected chi connectivity index (χ1v) is 4.32. The first-order valence-electron chi connectivity index (χ1n) is 2.79. The minimum atomic E-state index is -4.41. The molecule has 1 rings (SSSR count). The average Bonchev–Trinajstić information content (AvgIpc) is 1.85. The predicted octanol–water partition coefficient (Wildman–Crippen LogP) is 0.958. The molecule has 0 unspecified atom stereocenters. The minimum absolute atomic E-state index is 0.112. The molecule has 0 fully saturated rings. The molecule has 11 heavy (non-hydrogen) atoms. The van der Waals surface area contributed by atoms with Gasteiger partial charge >= 0.3 is 7.82 Å². The smallest absolute Gasteiger partial charge is 0.404 e. The van der Waals surface area contributed by atoms with Gasteiger partial charge in [-0.15, -0.1) is 0 Å². The van der Waals surface area contributed by atoms with E-state index in [1.165, 1.54) is 12.1 Å². The molecule has 1 radical (unpaired) electrons. The summed E-state index contributed by atoms with van der Waals surface area (Å²) in [6.45, 7) is 0. The van der Waals surface area contributed by atoms with E-state index in [0.29, 0.717) is 0 Å². The lowest BCUT2D eigenvalue weighted by Crippen LogP contribution is -1.88. The molecule has 0 heterocycles. The fraction of sp³-hybridized carbons (Fsp3) is 0. The van der Waals surface area contributed by atoms with E-state index in [0.717, 1.165) is 0 Å². The van der Waals surface area contributed by atoms with E-state index < -0.39 is 7.82 Å². The molecule has 5 heteroatoms. The van der Waals surface area contributed by atoms with Gasteiger partial charge in [0.05, 0.1) is 0 Å². The van der Waals surface area contributed by atoms with Gasteiger partial charge in [-0.3, -0.25) is 9.79 Å². The van der Waals surface area contributed by atoms with Crippen LogP contribution in [0.2, 0.25) is 0 Å². The standard InChI is InChI=1S/C6H6O4P/c7-11(8,9)10-6-4-2-1-3-5-6/h1-2,4-5H,(H2,7,8,9). The first-order chi connectivity index (χ1) is 5.08. The molecule has 0 bridgehead atoms. The highest BCUT2D eigenvalue weighted by molar-refractivity contribution is 7.46. The van der Waals surface area contributed by atoms with Crippen molar-refractivity contribution in [3.05, 3.63) is 30.3 Å². The van der Waals surface area contributed by atoms with Crippen molar-refractivity contribution in [3.63, 3.8) is 0 Å². The normalized spacial score (nSPS) is 11.1. The molecule has 0 amide bonds. The minimum Gasteiger partial charge on any atom is -0.404 e. The summed E-state index contributed by atoms with van der Waals surface area (Å²) in [6.07, 6.45) is 0. The highest BCUT2D eigenvalue weighted by atomic mass is 31.2. The van der Waals surface area contributed by atoms with Crippen molar-refractivity contribution in [1.82, 2.24) is 0 Å². The second-order valence-corrected chi connectivity index (χ2v) is 2.98. The number of rotatable bonds is 2. The highest BCUT2D eigenvalue weighted by Gasteiger charge is 2.14. The average molecular weight is 173 g/mol. The highest BCUT2D eigenvalue weighted by Crippen LogP contribution is 2.36. The number of benzene rings is 1. The van der Waals surface area contributed by atoms with Crippen LogP contribution >= 0.6 is 7.82 Å². The van der Waals surface area contributed by atoms with Crippen LogP contribution < -0.4 is 4.52 Å². The van der Waals surface area contributed by atoms with E-state index in [1.807, 2.05) is 0 Å². The monoisotopic (exact) mass is 173 g/mol. The first kappa shape index (κ1) is 8.27.